The van der Waals surface area contributed by atoms with Crippen LogP contribution in [0.25, 0.3) is 0 Å². The largest absolute Gasteiger partial charge is 0.480 e. The van der Waals surface area contributed by atoms with Gasteiger partial charge >= 0.3 is 5.97 Å². The van der Waals surface area contributed by atoms with Gasteiger partial charge in [-0.3, -0.25) is 4.79 Å². The third-order valence-electron chi connectivity index (χ3n) is 10.3. The normalized spacial score (nSPS) is 36.7. The zero-order valence-electron chi connectivity index (χ0n) is 22.3. The van der Waals surface area contributed by atoms with E-state index in [2.05, 4.69) is 30.4 Å². The summed E-state index contributed by atoms with van der Waals surface area (Å²) in [7, 11) is 0. The minimum Gasteiger partial charge on any atom is -0.480 e. The number of carboxylic acid groups (broad SMARTS) is 1. The molecule has 0 aromatic heterocycles. The van der Waals surface area contributed by atoms with E-state index in [-0.39, 0.29) is 16.9 Å². The van der Waals surface area contributed by atoms with Gasteiger partial charge in [0.1, 0.15) is 6.10 Å². The number of hydrogen-bond donors (Lipinski definition) is 4. The Kier molecular flexibility index (Phi) is 7.40. The van der Waals surface area contributed by atoms with Gasteiger partial charge in [0.2, 0.25) is 0 Å². The molecule has 3 saturated carbocycles. The second-order valence-electron chi connectivity index (χ2n) is 12.2. The third-order valence-corrected chi connectivity index (χ3v) is 10.3. The minimum absolute atomic E-state index is 0.0746. The fourth-order valence-electron chi connectivity index (χ4n) is 8.12. The number of nitrogens with one attached hydrogen (secondary N) is 1. The van der Waals surface area contributed by atoms with Crippen molar-refractivity contribution in [2.24, 2.45) is 33.7 Å². The van der Waals surface area contributed by atoms with Crippen LogP contribution in [-0.2, 0) is 14.4 Å². The molecule has 0 radical (unpaired) electrons. The molecule has 0 aliphatic heterocycles. The Morgan fingerprint density at radius 1 is 1.08 bits per heavy atom. The van der Waals surface area contributed by atoms with E-state index in [1.165, 1.54) is 5.57 Å². The molecule has 3 fully saturated rings. The van der Waals surface area contributed by atoms with Crippen LogP contribution < -0.4 is 5.32 Å². The number of rotatable bonds is 7. The van der Waals surface area contributed by atoms with Gasteiger partial charge in [-0.15, -0.1) is 0 Å². The Balaban J connectivity index is 1.19. The summed E-state index contributed by atoms with van der Waals surface area (Å²) in [5.74, 6) is -0.0813. The summed E-state index contributed by atoms with van der Waals surface area (Å²) in [5, 5.41) is 37.2. The molecule has 38 heavy (non-hydrogen) atoms. The van der Waals surface area contributed by atoms with Crippen molar-refractivity contribution in [3.8, 4) is 0 Å². The Hall–Kier alpha value is -2.71. The van der Waals surface area contributed by atoms with Crippen LogP contribution in [0, 0.1) is 28.6 Å². The van der Waals surface area contributed by atoms with Gasteiger partial charge in [0.25, 0.3) is 5.91 Å². The Morgan fingerprint density at radius 3 is 2.58 bits per heavy atom. The van der Waals surface area contributed by atoms with Crippen LogP contribution in [0.1, 0.15) is 76.9 Å². The number of fused-ring (bicyclic) bond motifs is 5. The molecular formula is C30H40N2O6. The Labute approximate surface area is 224 Å². The first-order chi connectivity index (χ1) is 18.1. The zero-order valence-corrected chi connectivity index (χ0v) is 22.3. The molecule has 8 nitrogen and oxygen atoms in total. The number of aliphatic hydroxyl groups is 2. The first kappa shape index (κ1) is 26.9. The van der Waals surface area contributed by atoms with E-state index < -0.39 is 30.6 Å². The predicted octanol–water partition coefficient (Wildman–Crippen LogP) is 3.99. The number of hydrogen-bond acceptors (Lipinski definition) is 6. The number of nitrogens with zero attached hydrogens (tertiary/aromatic N) is 1. The molecule has 4 aliphatic rings. The van der Waals surface area contributed by atoms with Crippen molar-refractivity contribution in [3.05, 3.63) is 47.5 Å². The molecule has 1 aromatic carbocycles. The number of aliphatic carboxylic acids is 1. The number of benzene rings is 1. The van der Waals surface area contributed by atoms with Crippen LogP contribution >= 0.6 is 0 Å². The molecular weight excluding hydrogens is 484 g/mol. The summed E-state index contributed by atoms with van der Waals surface area (Å²) >= 11 is 0. The van der Waals surface area contributed by atoms with Gasteiger partial charge in [-0.25, -0.2) is 4.79 Å². The molecule has 0 bridgehead atoms. The molecule has 5 rings (SSSR count). The van der Waals surface area contributed by atoms with E-state index >= 15 is 0 Å². The number of carbonyl (C=O) groups is 2. The highest BCUT2D eigenvalue weighted by Gasteiger charge is 2.58. The third kappa shape index (κ3) is 4.77. The van der Waals surface area contributed by atoms with Crippen LogP contribution in [-0.4, -0.2) is 51.7 Å². The van der Waals surface area contributed by atoms with Crippen molar-refractivity contribution in [2.45, 2.75) is 83.5 Å². The number of oxime groups is 1. The minimum atomic E-state index is -1.49. The van der Waals surface area contributed by atoms with Crippen molar-refractivity contribution in [2.75, 3.05) is 6.61 Å². The van der Waals surface area contributed by atoms with Crippen LogP contribution in [0.15, 0.2) is 47.1 Å². The van der Waals surface area contributed by atoms with E-state index in [1.807, 2.05) is 0 Å². The fraction of sp³-hybridized carbons (Fsp3) is 0.633. The summed E-state index contributed by atoms with van der Waals surface area (Å²) in [6.45, 7) is 4.28. The number of aliphatic hydroxyl groups excluding tert-OH is 2. The molecule has 206 valence electrons. The van der Waals surface area contributed by atoms with Crippen LogP contribution in [0.4, 0.5) is 0 Å². The maximum Gasteiger partial charge on any atom is 0.329 e. The maximum atomic E-state index is 12.4. The first-order valence-corrected chi connectivity index (χ1v) is 14.0. The van der Waals surface area contributed by atoms with Crippen molar-refractivity contribution >= 4 is 17.6 Å². The molecule has 4 aliphatic carbocycles. The molecule has 0 saturated heterocycles. The SMILES string of the molecule is C[C@]12CC[C@@H]3[C@H](CCC4=CC(=NOCC(=O)N[C@H](C(=O)O)[C@H](O)c5ccccc5)CC[C@@]43C)[C@@H]1CC[C@@H]2O. The van der Waals surface area contributed by atoms with Gasteiger partial charge in [0.05, 0.1) is 11.8 Å². The van der Waals surface area contributed by atoms with Crippen LogP contribution in [0.5, 0.6) is 0 Å². The molecule has 8 atom stereocenters. The van der Waals surface area contributed by atoms with E-state index in [1.54, 1.807) is 30.3 Å². The number of amides is 1. The fourth-order valence-corrected chi connectivity index (χ4v) is 8.12. The second-order valence-corrected chi connectivity index (χ2v) is 12.2. The lowest BCUT2D eigenvalue weighted by Gasteiger charge is -2.57. The quantitative estimate of drug-likeness (QED) is 0.400. The summed E-state index contributed by atoms with van der Waals surface area (Å²) in [6, 6.07) is 6.87. The highest BCUT2D eigenvalue weighted by molar-refractivity contribution is 5.96. The maximum absolute atomic E-state index is 12.4. The lowest BCUT2D eigenvalue weighted by molar-refractivity contribution is -0.146. The smallest absolute Gasteiger partial charge is 0.329 e. The number of carbonyl (C=O) groups excluding carboxylic acids is 1. The molecule has 0 heterocycles. The van der Waals surface area contributed by atoms with E-state index in [0.717, 1.165) is 57.1 Å². The molecule has 8 heteroatoms. The highest BCUT2D eigenvalue weighted by atomic mass is 16.6. The van der Waals surface area contributed by atoms with E-state index in [0.29, 0.717) is 23.3 Å². The topological polar surface area (TPSA) is 128 Å². The highest BCUT2D eigenvalue weighted by Crippen LogP contribution is 2.65. The number of carboxylic acids is 1. The molecule has 0 unspecified atom stereocenters. The Bertz CT molecular complexity index is 1120. The summed E-state index contributed by atoms with van der Waals surface area (Å²) in [4.78, 5) is 29.4. The van der Waals surface area contributed by atoms with Gasteiger partial charge in [-0.2, -0.15) is 0 Å². The van der Waals surface area contributed by atoms with Crippen LogP contribution in [0.2, 0.25) is 0 Å². The van der Waals surface area contributed by atoms with Crippen LogP contribution in [0.3, 0.4) is 0 Å². The molecule has 1 amide bonds. The van der Waals surface area contributed by atoms with Crippen molar-refractivity contribution in [1.29, 1.82) is 0 Å². The van der Waals surface area contributed by atoms with Gasteiger partial charge in [0.15, 0.2) is 12.6 Å². The predicted molar refractivity (Wildman–Crippen MR) is 142 cm³/mol. The summed E-state index contributed by atoms with van der Waals surface area (Å²) in [5.41, 5.74) is 2.83. The van der Waals surface area contributed by atoms with Gasteiger partial charge in [0, 0.05) is 0 Å². The van der Waals surface area contributed by atoms with Crippen molar-refractivity contribution in [1.82, 2.24) is 5.32 Å². The Morgan fingerprint density at radius 2 is 1.84 bits per heavy atom. The summed E-state index contributed by atoms with van der Waals surface area (Å²) < 4.78 is 0. The average Bonchev–Trinajstić information content (AvgIpc) is 3.21. The lowest BCUT2D eigenvalue weighted by Crippen LogP contribution is -2.51. The zero-order chi connectivity index (χ0) is 27.1. The first-order valence-electron chi connectivity index (χ1n) is 14.0. The van der Waals surface area contributed by atoms with Crippen molar-refractivity contribution in [3.63, 3.8) is 0 Å². The molecule has 1 aromatic rings. The van der Waals surface area contributed by atoms with Gasteiger partial charge < -0.3 is 25.5 Å². The van der Waals surface area contributed by atoms with Crippen molar-refractivity contribution < 1.29 is 29.7 Å². The average molecular weight is 525 g/mol. The summed E-state index contributed by atoms with van der Waals surface area (Å²) in [6.07, 6.45) is 8.86. The molecule has 0 spiro atoms. The monoisotopic (exact) mass is 524 g/mol. The standard InChI is InChI=1S/C30H40N2O6/c1-29-14-12-20(16-19(29)8-9-21-22-10-11-24(33)30(22,2)15-13-23(21)29)32-38-17-25(34)31-26(28(36)37)27(35)18-6-4-3-5-7-18/h3-7,16,21-24,26-27,33,35H,8-15,17H2,1-2H3,(H,31,34)(H,36,37)/t21-,22+,23-,24+,26+,27-,29+,30+/m1/s1. The van der Waals surface area contributed by atoms with Gasteiger partial charge in [-0.05, 0) is 91.6 Å². The van der Waals surface area contributed by atoms with E-state index in [4.69, 9.17) is 4.84 Å². The molecule has 4 N–H and O–H groups in total. The van der Waals surface area contributed by atoms with Gasteiger partial charge in [-0.1, -0.05) is 54.9 Å². The number of allylic oxidation sites excluding steroid dienone is 2. The van der Waals surface area contributed by atoms with E-state index in [9.17, 15) is 24.9 Å². The lowest BCUT2D eigenvalue weighted by atomic mass is 9.47. The second kappa shape index (κ2) is 10.5.